The highest BCUT2D eigenvalue weighted by molar-refractivity contribution is 5.67. The Hall–Kier alpha value is -2.44. The second kappa shape index (κ2) is 13.3. The van der Waals surface area contributed by atoms with Gasteiger partial charge in [-0.15, -0.1) is 0 Å². The lowest BCUT2D eigenvalue weighted by atomic mass is 9.81. The van der Waals surface area contributed by atoms with E-state index in [2.05, 4.69) is 17.1 Å². The molecule has 1 aliphatic rings. The van der Waals surface area contributed by atoms with Crippen molar-refractivity contribution in [1.82, 2.24) is 10.2 Å². The van der Waals surface area contributed by atoms with E-state index in [0.717, 1.165) is 69.3 Å². The van der Waals surface area contributed by atoms with Gasteiger partial charge in [0.05, 0.1) is 0 Å². The summed E-state index contributed by atoms with van der Waals surface area (Å²) in [7, 11) is 0. The van der Waals surface area contributed by atoms with E-state index in [1.165, 1.54) is 12.1 Å². The summed E-state index contributed by atoms with van der Waals surface area (Å²) in [5.41, 5.74) is 8.44. The minimum atomic E-state index is -0.359. The number of hydrogen-bond acceptors (Lipinski definition) is 4. The zero-order valence-corrected chi connectivity index (χ0v) is 19.7. The molecule has 2 aromatic carbocycles. The van der Waals surface area contributed by atoms with Crippen molar-refractivity contribution >= 4 is 6.09 Å². The molecule has 3 rings (SSSR count). The van der Waals surface area contributed by atoms with Crippen LogP contribution >= 0.6 is 0 Å². The molecule has 0 unspecified atom stereocenters. The molecule has 3 N–H and O–H groups in total. The van der Waals surface area contributed by atoms with Crippen molar-refractivity contribution in [3.63, 3.8) is 0 Å². The van der Waals surface area contributed by atoms with Gasteiger partial charge in [0.2, 0.25) is 0 Å². The molecule has 1 aliphatic carbocycles. The lowest BCUT2D eigenvalue weighted by Crippen LogP contribution is -2.50. The van der Waals surface area contributed by atoms with Crippen molar-refractivity contribution in [2.75, 3.05) is 19.6 Å². The Bertz CT molecular complexity index is 831. The lowest BCUT2D eigenvalue weighted by Gasteiger charge is -2.38. The molecule has 1 fully saturated rings. The second-order valence-corrected chi connectivity index (χ2v) is 9.18. The number of alkyl carbamates (subject to hydrolysis) is 1. The van der Waals surface area contributed by atoms with Crippen LogP contribution in [0.1, 0.15) is 50.2 Å². The van der Waals surface area contributed by atoms with Gasteiger partial charge in [-0.1, -0.05) is 49.4 Å². The summed E-state index contributed by atoms with van der Waals surface area (Å²) >= 11 is 0. The van der Waals surface area contributed by atoms with Crippen LogP contribution in [0.2, 0.25) is 0 Å². The van der Waals surface area contributed by atoms with Crippen LogP contribution in [0.5, 0.6) is 0 Å². The molecular weight excluding hydrogens is 417 g/mol. The number of carbonyl (C=O) groups is 1. The molecule has 0 spiro atoms. The average molecular weight is 456 g/mol. The number of amides is 1. The molecule has 0 bridgehead atoms. The van der Waals surface area contributed by atoms with Gasteiger partial charge in [0.1, 0.15) is 12.4 Å². The van der Waals surface area contributed by atoms with Gasteiger partial charge < -0.3 is 20.7 Å². The number of rotatable bonds is 11. The molecule has 0 radical (unpaired) electrons. The second-order valence-electron chi connectivity index (χ2n) is 9.18. The average Bonchev–Trinajstić information content (AvgIpc) is 2.81. The first kappa shape index (κ1) is 25.2. The summed E-state index contributed by atoms with van der Waals surface area (Å²) in [6.45, 7) is 5.36. The van der Waals surface area contributed by atoms with Gasteiger partial charge in [-0.05, 0) is 80.8 Å². The summed E-state index contributed by atoms with van der Waals surface area (Å²) < 4.78 is 18.6. The molecule has 1 saturated carbocycles. The lowest BCUT2D eigenvalue weighted by molar-refractivity contribution is 0.115. The van der Waals surface area contributed by atoms with Crippen molar-refractivity contribution in [2.45, 2.75) is 64.1 Å². The molecule has 5 nitrogen and oxygen atoms in total. The van der Waals surface area contributed by atoms with E-state index in [0.29, 0.717) is 5.92 Å². The van der Waals surface area contributed by atoms with E-state index in [1.54, 1.807) is 0 Å². The summed E-state index contributed by atoms with van der Waals surface area (Å²) in [6.07, 6.45) is 5.36. The largest absolute Gasteiger partial charge is 0.445 e. The zero-order valence-electron chi connectivity index (χ0n) is 19.7. The van der Waals surface area contributed by atoms with Gasteiger partial charge >= 0.3 is 6.09 Å². The monoisotopic (exact) mass is 455 g/mol. The Morgan fingerprint density at radius 2 is 1.85 bits per heavy atom. The van der Waals surface area contributed by atoms with Crippen LogP contribution in [0.25, 0.3) is 0 Å². The van der Waals surface area contributed by atoms with Gasteiger partial charge in [0.15, 0.2) is 0 Å². The van der Waals surface area contributed by atoms with Crippen LogP contribution in [0.15, 0.2) is 54.6 Å². The fraction of sp³-hybridized carbons (Fsp3) is 0.519. The number of nitrogens with zero attached hydrogens (tertiary/aromatic N) is 1. The highest BCUT2D eigenvalue weighted by atomic mass is 19.1. The van der Waals surface area contributed by atoms with Gasteiger partial charge in [0, 0.05) is 18.6 Å². The highest BCUT2D eigenvalue weighted by Gasteiger charge is 2.31. The molecule has 180 valence electrons. The van der Waals surface area contributed by atoms with Gasteiger partial charge in [-0.3, -0.25) is 0 Å². The third kappa shape index (κ3) is 8.78. The first-order valence-electron chi connectivity index (χ1n) is 12.2. The van der Waals surface area contributed by atoms with Gasteiger partial charge in [-0.25, -0.2) is 9.18 Å². The fourth-order valence-electron chi connectivity index (χ4n) is 4.71. The van der Waals surface area contributed by atoms with Gasteiger partial charge in [0.25, 0.3) is 0 Å². The number of carbonyl (C=O) groups excluding carboxylic acids is 1. The van der Waals surface area contributed by atoms with E-state index >= 15 is 0 Å². The molecule has 6 heteroatoms. The van der Waals surface area contributed by atoms with Crippen molar-refractivity contribution in [1.29, 1.82) is 0 Å². The third-order valence-electron chi connectivity index (χ3n) is 6.42. The number of aryl methyl sites for hydroxylation is 1. The molecule has 0 saturated heterocycles. The van der Waals surface area contributed by atoms with Crippen LogP contribution in [0.3, 0.4) is 0 Å². The SMILES string of the molecule is CCCN(CCCc1ccc(F)cc1)C[C@@H]1C[C@H](N)CC[C@H]1NC(=O)OCc1ccccc1. The highest BCUT2D eigenvalue weighted by Crippen LogP contribution is 2.25. The van der Waals surface area contributed by atoms with E-state index in [-0.39, 0.29) is 30.6 Å². The van der Waals surface area contributed by atoms with Crippen LogP contribution < -0.4 is 11.1 Å². The van der Waals surface area contributed by atoms with Crippen molar-refractivity contribution in [3.8, 4) is 0 Å². The minimum Gasteiger partial charge on any atom is -0.445 e. The first-order valence-corrected chi connectivity index (χ1v) is 12.2. The normalized spacial score (nSPS) is 20.5. The molecule has 2 aromatic rings. The number of benzene rings is 2. The molecule has 0 aliphatic heterocycles. The third-order valence-corrected chi connectivity index (χ3v) is 6.42. The standard InChI is InChI=1S/C27H38FN3O2/c1-2-16-31(17-6-9-21-10-12-24(28)13-11-21)19-23-18-25(29)14-15-26(23)30-27(32)33-20-22-7-4-3-5-8-22/h3-5,7-8,10-13,23,25-26H,2,6,9,14-20,29H2,1H3,(H,30,32)/t23-,25+,26+/m0/s1. The van der Waals surface area contributed by atoms with Crippen LogP contribution in [-0.4, -0.2) is 42.7 Å². The van der Waals surface area contributed by atoms with Crippen molar-refractivity contribution in [2.24, 2.45) is 11.7 Å². The first-order chi connectivity index (χ1) is 16.0. The van der Waals surface area contributed by atoms with Crippen LogP contribution in [0.4, 0.5) is 9.18 Å². The maximum absolute atomic E-state index is 13.1. The minimum absolute atomic E-state index is 0.0736. The quantitative estimate of drug-likeness (QED) is 0.506. The molecule has 33 heavy (non-hydrogen) atoms. The Morgan fingerprint density at radius 3 is 2.58 bits per heavy atom. The Balaban J connectivity index is 1.50. The van der Waals surface area contributed by atoms with E-state index in [9.17, 15) is 9.18 Å². The van der Waals surface area contributed by atoms with Crippen molar-refractivity contribution < 1.29 is 13.9 Å². The zero-order chi connectivity index (χ0) is 23.5. The molecule has 1 amide bonds. The number of hydrogen-bond donors (Lipinski definition) is 2. The van der Waals surface area contributed by atoms with Crippen molar-refractivity contribution in [3.05, 3.63) is 71.5 Å². The maximum atomic E-state index is 13.1. The maximum Gasteiger partial charge on any atom is 0.407 e. The predicted octanol–water partition coefficient (Wildman–Crippen LogP) is 4.89. The number of nitrogens with two attached hydrogens (primary N) is 1. The van der Waals surface area contributed by atoms with E-state index in [1.807, 2.05) is 42.5 Å². The number of nitrogens with one attached hydrogen (secondary N) is 1. The summed E-state index contributed by atoms with van der Waals surface area (Å²) in [4.78, 5) is 15.0. The number of halogens is 1. The van der Waals surface area contributed by atoms with Crippen LogP contribution in [-0.2, 0) is 17.8 Å². The summed E-state index contributed by atoms with van der Waals surface area (Å²) in [5.74, 6) is 0.108. The summed E-state index contributed by atoms with van der Waals surface area (Å²) in [5, 5.41) is 3.12. The predicted molar refractivity (Wildman–Crippen MR) is 130 cm³/mol. The number of ether oxygens (including phenoxy) is 1. The Kier molecular flexibility index (Phi) is 10.2. The van der Waals surface area contributed by atoms with Gasteiger partial charge in [-0.2, -0.15) is 0 Å². The molecule has 0 heterocycles. The van der Waals surface area contributed by atoms with E-state index < -0.39 is 0 Å². The molecule has 3 atom stereocenters. The molecule has 0 aromatic heterocycles. The summed E-state index contributed by atoms with van der Waals surface area (Å²) in [6, 6.07) is 16.7. The Labute approximate surface area is 197 Å². The Morgan fingerprint density at radius 1 is 1.09 bits per heavy atom. The molecular formula is C27H38FN3O2. The topological polar surface area (TPSA) is 67.6 Å². The van der Waals surface area contributed by atoms with E-state index in [4.69, 9.17) is 10.5 Å². The fourth-order valence-corrected chi connectivity index (χ4v) is 4.71. The smallest absolute Gasteiger partial charge is 0.407 e. The van der Waals surface area contributed by atoms with Crippen LogP contribution in [0, 0.1) is 11.7 Å².